The number of nitrogens with zero attached hydrogens (tertiary/aromatic N) is 3. The van der Waals surface area contributed by atoms with Crippen LogP contribution in [0.1, 0.15) is 62.4 Å². The summed E-state index contributed by atoms with van der Waals surface area (Å²) >= 11 is 0. The second-order valence-electron chi connectivity index (χ2n) is 10.0. The summed E-state index contributed by atoms with van der Waals surface area (Å²) in [5.41, 5.74) is 3.02. The third kappa shape index (κ3) is 5.04. The van der Waals surface area contributed by atoms with Crippen LogP contribution in [-0.2, 0) is 4.74 Å². The molecule has 7 heteroatoms. The van der Waals surface area contributed by atoms with Crippen LogP contribution in [0, 0.1) is 12.8 Å². The maximum Gasteiger partial charge on any atom is 0.407 e. The topological polar surface area (TPSA) is 76.6 Å². The van der Waals surface area contributed by atoms with E-state index < -0.39 is 0 Å². The molecule has 7 nitrogen and oxygen atoms in total. The maximum atomic E-state index is 12.3. The monoisotopic (exact) mass is 464 g/mol. The van der Waals surface area contributed by atoms with Crippen molar-refractivity contribution in [3.63, 3.8) is 0 Å². The summed E-state index contributed by atoms with van der Waals surface area (Å²) in [4.78, 5) is 24.4. The van der Waals surface area contributed by atoms with Gasteiger partial charge in [-0.2, -0.15) is 0 Å². The van der Waals surface area contributed by atoms with E-state index in [4.69, 9.17) is 19.4 Å². The van der Waals surface area contributed by atoms with Crippen molar-refractivity contribution in [2.24, 2.45) is 5.92 Å². The second-order valence-corrected chi connectivity index (χ2v) is 10.0. The van der Waals surface area contributed by atoms with E-state index >= 15 is 0 Å². The Morgan fingerprint density at radius 3 is 2.74 bits per heavy atom. The quantitative estimate of drug-likeness (QED) is 0.668. The van der Waals surface area contributed by atoms with Crippen LogP contribution in [0.5, 0.6) is 5.75 Å². The third-order valence-electron chi connectivity index (χ3n) is 7.83. The van der Waals surface area contributed by atoms with Crippen LogP contribution in [0.4, 0.5) is 4.79 Å². The molecule has 6 rings (SSSR count). The molecule has 2 aromatic rings. The van der Waals surface area contributed by atoms with Crippen molar-refractivity contribution in [3.05, 3.63) is 41.9 Å². The van der Waals surface area contributed by atoms with Crippen LogP contribution in [0.2, 0.25) is 0 Å². The Morgan fingerprint density at radius 1 is 1.15 bits per heavy atom. The summed E-state index contributed by atoms with van der Waals surface area (Å²) in [5.74, 6) is 2.52. The summed E-state index contributed by atoms with van der Waals surface area (Å²) < 4.78 is 11.2. The number of alkyl carbamates (subject to hydrolysis) is 1. The average molecular weight is 465 g/mol. The van der Waals surface area contributed by atoms with Gasteiger partial charge < -0.3 is 14.8 Å². The number of fused-ring (bicyclic) bond motifs is 3. The first-order valence-electron chi connectivity index (χ1n) is 12.8. The van der Waals surface area contributed by atoms with Gasteiger partial charge in [-0.15, -0.1) is 0 Å². The highest BCUT2D eigenvalue weighted by atomic mass is 16.5. The van der Waals surface area contributed by atoms with Gasteiger partial charge in [0.05, 0.1) is 12.8 Å². The van der Waals surface area contributed by atoms with E-state index in [1.54, 1.807) is 7.11 Å². The molecular weight excluding hydrogens is 428 g/mol. The molecule has 1 aliphatic carbocycles. The average Bonchev–Trinajstić information content (AvgIpc) is 2.88. The summed E-state index contributed by atoms with van der Waals surface area (Å²) in [6.07, 6.45) is 7.76. The van der Waals surface area contributed by atoms with Crippen molar-refractivity contribution in [2.75, 3.05) is 26.8 Å². The fraction of sp³-hybridized carbons (Fsp3) is 0.593. The number of carbonyl (C=O) groups excluding carboxylic acids is 1. The van der Waals surface area contributed by atoms with Crippen LogP contribution in [0.15, 0.2) is 30.3 Å². The first-order valence-corrected chi connectivity index (χ1v) is 12.8. The minimum absolute atomic E-state index is 0.251. The summed E-state index contributed by atoms with van der Waals surface area (Å²) in [5, 5.41) is 3.07. The molecule has 0 radical (unpaired) electrons. The van der Waals surface area contributed by atoms with E-state index in [0.29, 0.717) is 24.5 Å². The predicted molar refractivity (Wildman–Crippen MR) is 131 cm³/mol. The molecule has 4 aliphatic rings. The van der Waals surface area contributed by atoms with Crippen molar-refractivity contribution in [2.45, 2.75) is 69.9 Å². The van der Waals surface area contributed by atoms with Gasteiger partial charge in [0.15, 0.2) is 0 Å². The Hall–Kier alpha value is -2.67. The highest BCUT2D eigenvalue weighted by Gasteiger charge is 2.42. The van der Waals surface area contributed by atoms with Crippen LogP contribution >= 0.6 is 0 Å². The number of piperidine rings is 3. The van der Waals surface area contributed by atoms with E-state index in [1.165, 1.54) is 19.3 Å². The molecule has 3 saturated heterocycles. The van der Waals surface area contributed by atoms with Crippen LogP contribution in [0.3, 0.4) is 0 Å². The van der Waals surface area contributed by atoms with Gasteiger partial charge in [0.25, 0.3) is 0 Å². The van der Waals surface area contributed by atoms with Gasteiger partial charge in [-0.05, 0) is 63.3 Å². The van der Waals surface area contributed by atoms with Crippen molar-refractivity contribution in [3.8, 4) is 17.0 Å². The lowest BCUT2D eigenvalue weighted by Crippen LogP contribution is -2.54. The molecule has 3 aliphatic heterocycles. The van der Waals surface area contributed by atoms with Crippen LogP contribution in [-0.4, -0.2) is 59.9 Å². The number of nitrogens with one attached hydrogen (secondary N) is 1. The van der Waals surface area contributed by atoms with Crippen LogP contribution < -0.4 is 10.1 Å². The smallest absolute Gasteiger partial charge is 0.407 e. The Balaban J connectivity index is 1.24. The van der Waals surface area contributed by atoms with Crippen molar-refractivity contribution in [1.29, 1.82) is 0 Å². The summed E-state index contributed by atoms with van der Waals surface area (Å²) in [7, 11) is 1.69. The zero-order chi connectivity index (χ0) is 23.5. The Kier molecular flexibility index (Phi) is 6.99. The molecule has 34 heavy (non-hydrogen) atoms. The second kappa shape index (κ2) is 10.3. The molecular formula is C27H36N4O3. The molecule has 2 bridgehead atoms. The number of carbonyl (C=O) groups is 1. The molecule has 1 aromatic heterocycles. The van der Waals surface area contributed by atoms with Gasteiger partial charge >= 0.3 is 6.09 Å². The van der Waals surface area contributed by atoms with Crippen LogP contribution in [0.25, 0.3) is 11.3 Å². The zero-order valence-electron chi connectivity index (χ0n) is 20.3. The fourth-order valence-electron chi connectivity index (χ4n) is 6.05. The molecule has 4 unspecified atom stereocenters. The Bertz CT molecular complexity index is 1010. The SMILES string of the molecule is COc1ccccc1-c1cc(C2CN3CCC2CC3COC(=O)NC2CCCCC2)nc(C)n1. The number of hydrogen-bond donors (Lipinski definition) is 1. The molecule has 182 valence electrons. The van der Waals surface area contributed by atoms with E-state index in [1.807, 2.05) is 31.2 Å². The number of benzene rings is 1. The van der Waals surface area contributed by atoms with Crippen molar-refractivity contribution in [1.82, 2.24) is 20.2 Å². The van der Waals surface area contributed by atoms with Gasteiger partial charge in [-0.3, -0.25) is 4.90 Å². The van der Waals surface area contributed by atoms with Crippen molar-refractivity contribution >= 4 is 6.09 Å². The van der Waals surface area contributed by atoms with Gasteiger partial charge in [0, 0.05) is 35.8 Å². The molecule has 4 atom stereocenters. The lowest BCUT2D eigenvalue weighted by atomic mass is 9.74. The number of para-hydroxylation sites is 1. The molecule has 0 spiro atoms. The summed E-state index contributed by atoms with van der Waals surface area (Å²) in [6.45, 7) is 4.44. The number of methoxy groups -OCH3 is 1. The number of hydrogen-bond acceptors (Lipinski definition) is 6. The molecule has 1 aromatic carbocycles. The Morgan fingerprint density at radius 2 is 1.97 bits per heavy atom. The maximum absolute atomic E-state index is 12.3. The van der Waals surface area contributed by atoms with E-state index in [0.717, 1.165) is 67.3 Å². The molecule has 1 N–H and O–H groups in total. The molecule has 4 heterocycles. The zero-order valence-corrected chi connectivity index (χ0v) is 20.3. The standard InChI is InChI=1S/C27H36N4O3/c1-18-28-24(22-10-6-7-11-26(22)33-2)15-25(29-18)23-16-31-13-12-19(23)14-21(31)17-34-27(32)30-20-8-4-3-5-9-20/h6-7,10-11,15,19-21,23H,3-5,8-9,12-14,16-17H2,1-2H3,(H,30,32). The number of amides is 1. The lowest BCUT2D eigenvalue weighted by Gasteiger charge is -2.49. The highest BCUT2D eigenvalue weighted by Crippen LogP contribution is 2.42. The number of aromatic nitrogens is 2. The first kappa shape index (κ1) is 23.1. The number of rotatable bonds is 6. The fourth-order valence-corrected chi connectivity index (χ4v) is 6.05. The largest absolute Gasteiger partial charge is 0.496 e. The number of ether oxygens (including phenoxy) is 2. The third-order valence-corrected chi connectivity index (χ3v) is 7.83. The van der Waals surface area contributed by atoms with E-state index in [-0.39, 0.29) is 12.1 Å². The highest BCUT2D eigenvalue weighted by molar-refractivity contribution is 5.68. The minimum Gasteiger partial charge on any atom is -0.496 e. The molecule has 4 fully saturated rings. The Labute approximate surface area is 202 Å². The molecule has 1 saturated carbocycles. The molecule has 1 amide bonds. The van der Waals surface area contributed by atoms with Gasteiger partial charge in [-0.25, -0.2) is 14.8 Å². The van der Waals surface area contributed by atoms with Crippen molar-refractivity contribution < 1.29 is 14.3 Å². The summed E-state index contributed by atoms with van der Waals surface area (Å²) in [6, 6.07) is 10.7. The first-order chi connectivity index (χ1) is 16.6. The minimum atomic E-state index is -0.251. The lowest BCUT2D eigenvalue weighted by molar-refractivity contribution is -0.00403. The number of aryl methyl sites for hydroxylation is 1. The van der Waals surface area contributed by atoms with E-state index in [9.17, 15) is 4.79 Å². The van der Waals surface area contributed by atoms with Gasteiger partial charge in [-0.1, -0.05) is 31.4 Å². The van der Waals surface area contributed by atoms with E-state index in [2.05, 4.69) is 16.3 Å². The van der Waals surface area contributed by atoms with Gasteiger partial charge in [0.1, 0.15) is 18.2 Å². The predicted octanol–water partition coefficient (Wildman–Crippen LogP) is 4.70. The van der Waals surface area contributed by atoms with Gasteiger partial charge in [0.2, 0.25) is 0 Å². The normalized spacial score (nSPS) is 26.8.